The van der Waals surface area contributed by atoms with Gasteiger partial charge in [0.15, 0.2) is 0 Å². The van der Waals surface area contributed by atoms with Gasteiger partial charge in [-0.15, -0.1) is 0 Å². The molecule has 0 aromatic heterocycles. The van der Waals surface area contributed by atoms with Crippen molar-refractivity contribution in [1.29, 1.82) is 0 Å². The van der Waals surface area contributed by atoms with Gasteiger partial charge in [-0.3, -0.25) is 0 Å². The van der Waals surface area contributed by atoms with E-state index < -0.39 is 0 Å². The lowest BCUT2D eigenvalue weighted by molar-refractivity contribution is -0.486. The summed E-state index contributed by atoms with van der Waals surface area (Å²) in [6, 6.07) is 0. The van der Waals surface area contributed by atoms with Crippen molar-refractivity contribution in [2.24, 2.45) is 0 Å². The van der Waals surface area contributed by atoms with Crippen molar-refractivity contribution in [2.75, 3.05) is 13.6 Å². The lowest BCUT2D eigenvalue weighted by Crippen LogP contribution is -3.00. The molecule has 0 N–H and O–H groups in total. The molecule has 0 saturated carbocycles. The lowest BCUT2D eigenvalue weighted by Gasteiger charge is -1.81. The molecular weight excluding hydrogens is 145 g/mol. The Balaban J connectivity index is 0.000000490. The lowest BCUT2D eigenvalue weighted by atomic mass is 10.4. The Morgan fingerprint density at radius 3 is 2.38 bits per heavy atom. The average Bonchev–Trinajstić information content (AvgIpc) is 1.91. The second kappa shape index (κ2) is 3.31. The molecule has 0 unspecified atom stereocenters. The van der Waals surface area contributed by atoms with Crippen molar-refractivity contribution < 1.29 is 17.0 Å². The van der Waals surface area contributed by atoms with Crippen LogP contribution < -0.4 is 12.4 Å². The van der Waals surface area contributed by atoms with Crippen molar-refractivity contribution in [3.05, 3.63) is 0 Å². The minimum atomic E-state index is 0. The van der Waals surface area contributed by atoms with Crippen LogP contribution in [0.15, 0.2) is 0 Å². The number of hydrogen-bond donors (Lipinski definition) is 0. The molecule has 8 heavy (non-hydrogen) atoms. The standard InChI is InChI=1S/C5H9ClN.ClH/c1-7-4-2-3-5(7)6;/h2-4H2,1H3;1H/q+1;/p-1. The van der Waals surface area contributed by atoms with E-state index in [9.17, 15) is 0 Å². The molecule has 0 bridgehead atoms. The van der Waals surface area contributed by atoms with Crippen molar-refractivity contribution in [1.82, 2.24) is 0 Å². The highest BCUT2D eigenvalue weighted by Crippen LogP contribution is 2.04. The van der Waals surface area contributed by atoms with Crippen LogP contribution in [0.2, 0.25) is 0 Å². The Hall–Kier alpha value is 0.250. The van der Waals surface area contributed by atoms with Gasteiger partial charge in [-0.05, 0) is 11.6 Å². The summed E-state index contributed by atoms with van der Waals surface area (Å²) in [7, 11) is 2.02. The van der Waals surface area contributed by atoms with E-state index in [0.29, 0.717) is 0 Å². The number of hydrogen-bond acceptors (Lipinski definition) is 0. The first-order valence-electron chi connectivity index (χ1n) is 2.53. The molecule has 1 heterocycles. The van der Waals surface area contributed by atoms with Gasteiger partial charge in [-0.1, -0.05) is 0 Å². The van der Waals surface area contributed by atoms with E-state index in [1.807, 2.05) is 7.05 Å². The average molecular weight is 154 g/mol. The molecule has 0 fully saturated rings. The van der Waals surface area contributed by atoms with E-state index in [1.54, 1.807) is 0 Å². The quantitative estimate of drug-likeness (QED) is 0.357. The van der Waals surface area contributed by atoms with Gasteiger partial charge in [0, 0.05) is 6.42 Å². The van der Waals surface area contributed by atoms with Crippen LogP contribution in [0.4, 0.5) is 0 Å². The molecule has 0 aliphatic carbocycles. The molecule has 1 aliphatic rings. The summed E-state index contributed by atoms with van der Waals surface area (Å²) in [5, 5.41) is 1.01. The van der Waals surface area contributed by atoms with Crippen LogP contribution in [0.25, 0.3) is 0 Å². The van der Waals surface area contributed by atoms with Crippen molar-refractivity contribution >= 4 is 16.8 Å². The zero-order chi connectivity index (χ0) is 5.28. The zero-order valence-electron chi connectivity index (χ0n) is 4.82. The highest BCUT2D eigenvalue weighted by molar-refractivity contribution is 6.64. The summed E-state index contributed by atoms with van der Waals surface area (Å²) >= 11 is 5.71. The van der Waals surface area contributed by atoms with Gasteiger partial charge in [0.1, 0.15) is 13.6 Å². The maximum absolute atomic E-state index is 5.71. The summed E-state index contributed by atoms with van der Waals surface area (Å²) in [4.78, 5) is 0. The molecule has 0 aromatic carbocycles. The Morgan fingerprint density at radius 2 is 2.25 bits per heavy atom. The van der Waals surface area contributed by atoms with Crippen LogP contribution >= 0.6 is 11.6 Å². The third-order valence-electron chi connectivity index (χ3n) is 1.29. The first-order valence-corrected chi connectivity index (χ1v) is 2.91. The van der Waals surface area contributed by atoms with E-state index in [4.69, 9.17) is 11.6 Å². The predicted molar refractivity (Wildman–Crippen MR) is 31.1 cm³/mol. The van der Waals surface area contributed by atoms with Gasteiger partial charge in [0.2, 0.25) is 5.17 Å². The van der Waals surface area contributed by atoms with Crippen molar-refractivity contribution in [2.45, 2.75) is 12.8 Å². The molecule has 48 valence electrons. The minimum absolute atomic E-state index is 0. The Bertz CT molecular complexity index is 97.0. The van der Waals surface area contributed by atoms with Crippen LogP contribution in [-0.2, 0) is 0 Å². The Morgan fingerprint density at radius 1 is 1.62 bits per heavy atom. The highest BCUT2D eigenvalue weighted by atomic mass is 35.5. The van der Waals surface area contributed by atoms with Crippen LogP contribution in [-0.4, -0.2) is 23.3 Å². The van der Waals surface area contributed by atoms with E-state index in [0.717, 1.165) is 18.1 Å². The maximum Gasteiger partial charge on any atom is 0.245 e. The van der Waals surface area contributed by atoms with Crippen molar-refractivity contribution in [3.8, 4) is 0 Å². The Kier molecular flexibility index (Phi) is 3.41. The summed E-state index contributed by atoms with van der Waals surface area (Å²) in [6.45, 7) is 1.14. The summed E-state index contributed by atoms with van der Waals surface area (Å²) in [5.41, 5.74) is 0. The topological polar surface area (TPSA) is 3.01 Å². The molecule has 1 nitrogen and oxygen atoms in total. The van der Waals surface area contributed by atoms with Crippen LogP contribution in [0, 0.1) is 0 Å². The van der Waals surface area contributed by atoms with Gasteiger partial charge in [0.25, 0.3) is 0 Å². The molecule has 3 heteroatoms. The van der Waals surface area contributed by atoms with E-state index in [1.165, 1.54) is 6.42 Å². The van der Waals surface area contributed by atoms with Crippen molar-refractivity contribution in [3.63, 3.8) is 0 Å². The van der Waals surface area contributed by atoms with Gasteiger partial charge < -0.3 is 12.4 Å². The molecule has 1 aliphatic heterocycles. The normalized spacial score (nSPS) is 18.8. The van der Waals surface area contributed by atoms with Crippen LogP contribution in [0.5, 0.6) is 0 Å². The Labute approximate surface area is 60.8 Å². The smallest absolute Gasteiger partial charge is 0.245 e. The molecule has 0 atom stereocenters. The molecule has 0 aromatic rings. The second-order valence-corrected chi connectivity index (χ2v) is 2.34. The summed E-state index contributed by atoms with van der Waals surface area (Å²) < 4.78 is 2.08. The third-order valence-corrected chi connectivity index (χ3v) is 1.77. The predicted octanol–water partition coefficient (Wildman–Crippen LogP) is -1.94. The zero-order valence-corrected chi connectivity index (χ0v) is 6.34. The van der Waals surface area contributed by atoms with Gasteiger partial charge in [-0.25, -0.2) is 4.58 Å². The molecule has 1 rings (SSSR count). The number of nitrogens with zero attached hydrogens (tertiary/aromatic N) is 1. The molecular formula is C5H9Cl2N. The maximum atomic E-state index is 5.71. The molecule has 0 amide bonds. The fraction of sp³-hybridized carbons (Fsp3) is 0.800. The number of halogens is 2. The highest BCUT2D eigenvalue weighted by Gasteiger charge is 2.14. The SMILES string of the molecule is C[N+]1=C(Cl)CCC1.[Cl-]. The van der Waals surface area contributed by atoms with Gasteiger partial charge in [-0.2, -0.15) is 0 Å². The monoisotopic (exact) mass is 153 g/mol. The number of rotatable bonds is 0. The fourth-order valence-electron chi connectivity index (χ4n) is 0.774. The largest absolute Gasteiger partial charge is 1.00 e. The summed E-state index contributed by atoms with van der Waals surface area (Å²) in [6.07, 6.45) is 2.31. The second-order valence-electron chi connectivity index (χ2n) is 1.90. The molecule has 0 radical (unpaired) electrons. The first kappa shape index (κ1) is 8.25. The molecule has 0 spiro atoms. The fourth-order valence-corrected chi connectivity index (χ4v) is 0.992. The van der Waals surface area contributed by atoms with E-state index >= 15 is 0 Å². The van der Waals surface area contributed by atoms with Gasteiger partial charge in [0.05, 0.1) is 6.42 Å². The first-order chi connectivity index (χ1) is 3.30. The van der Waals surface area contributed by atoms with E-state index in [2.05, 4.69) is 4.58 Å². The molecule has 0 saturated heterocycles. The van der Waals surface area contributed by atoms with E-state index in [-0.39, 0.29) is 12.4 Å². The van der Waals surface area contributed by atoms with Crippen LogP contribution in [0.1, 0.15) is 12.8 Å². The minimum Gasteiger partial charge on any atom is -1.00 e. The van der Waals surface area contributed by atoms with Gasteiger partial charge >= 0.3 is 0 Å². The summed E-state index contributed by atoms with van der Waals surface area (Å²) in [5.74, 6) is 0. The third kappa shape index (κ3) is 1.64. The van der Waals surface area contributed by atoms with Crippen LogP contribution in [0.3, 0.4) is 0 Å².